The number of carboxylic acids is 1. The molecule has 1 unspecified atom stereocenters. The lowest BCUT2D eigenvalue weighted by molar-refractivity contribution is -0.140. The maximum absolute atomic E-state index is 12.2. The number of urea groups is 1. The second-order valence-corrected chi connectivity index (χ2v) is 6.38. The number of rotatable bonds is 3. The van der Waals surface area contributed by atoms with Crippen molar-refractivity contribution < 1.29 is 14.7 Å². The smallest absolute Gasteiger partial charge is 0.327 e. The molecule has 0 spiro atoms. The van der Waals surface area contributed by atoms with Crippen molar-refractivity contribution in [1.82, 2.24) is 14.8 Å². The summed E-state index contributed by atoms with van der Waals surface area (Å²) in [6.07, 6.45) is 0. The molecule has 6 nitrogen and oxygen atoms in total. The van der Waals surface area contributed by atoms with Gasteiger partial charge in [0.15, 0.2) is 0 Å². The molecule has 19 heavy (non-hydrogen) atoms. The molecule has 2 rings (SSSR count). The molecule has 1 saturated heterocycles. The molecular weight excluding hydrogens is 286 g/mol. The van der Waals surface area contributed by atoms with Gasteiger partial charge in [0.25, 0.3) is 0 Å². The summed E-state index contributed by atoms with van der Waals surface area (Å²) in [6, 6.07) is -0.986. The van der Waals surface area contributed by atoms with Crippen LogP contribution in [-0.2, 0) is 11.3 Å². The SMILES string of the molecule is Cc1nc(CN(C)C(=O)N2CSCC2C(=O)O)cs1. The molecule has 8 heteroatoms. The molecule has 0 radical (unpaired) electrons. The van der Waals surface area contributed by atoms with Crippen molar-refractivity contribution in [3.05, 3.63) is 16.1 Å². The van der Waals surface area contributed by atoms with E-state index in [0.29, 0.717) is 18.2 Å². The van der Waals surface area contributed by atoms with Gasteiger partial charge in [-0.15, -0.1) is 23.1 Å². The highest BCUT2D eigenvalue weighted by atomic mass is 32.2. The summed E-state index contributed by atoms with van der Waals surface area (Å²) in [5, 5.41) is 11.9. The molecule has 1 aromatic heterocycles. The highest BCUT2D eigenvalue weighted by Gasteiger charge is 2.36. The summed E-state index contributed by atoms with van der Waals surface area (Å²) >= 11 is 2.99. The highest BCUT2D eigenvalue weighted by molar-refractivity contribution is 7.99. The van der Waals surface area contributed by atoms with Gasteiger partial charge in [0, 0.05) is 18.2 Å². The summed E-state index contributed by atoms with van der Waals surface area (Å²) in [6.45, 7) is 2.31. The van der Waals surface area contributed by atoms with Crippen molar-refractivity contribution in [3.63, 3.8) is 0 Å². The number of carboxylic acid groups (broad SMARTS) is 1. The van der Waals surface area contributed by atoms with Gasteiger partial charge in [-0.25, -0.2) is 14.6 Å². The molecule has 0 aromatic carbocycles. The maximum atomic E-state index is 12.2. The number of carbonyl (C=O) groups excluding carboxylic acids is 1. The largest absolute Gasteiger partial charge is 0.480 e. The average Bonchev–Trinajstić information content (AvgIpc) is 2.97. The van der Waals surface area contributed by atoms with Crippen molar-refractivity contribution in [2.24, 2.45) is 0 Å². The fourth-order valence-corrected chi connectivity index (χ4v) is 3.59. The van der Waals surface area contributed by atoms with E-state index in [1.165, 1.54) is 32.9 Å². The van der Waals surface area contributed by atoms with E-state index in [4.69, 9.17) is 5.11 Å². The Bertz CT molecular complexity index is 491. The van der Waals surface area contributed by atoms with Crippen LogP contribution in [0, 0.1) is 6.92 Å². The number of hydrogen-bond donors (Lipinski definition) is 1. The third-order valence-corrected chi connectivity index (χ3v) is 4.64. The van der Waals surface area contributed by atoms with Gasteiger partial charge in [0.2, 0.25) is 0 Å². The Hall–Kier alpha value is -1.28. The average molecular weight is 301 g/mol. The van der Waals surface area contributed by atoms with Crippen LogP contribution in [0.1, 0.15) is 10.7 Å². The zero-order valence-electron chi connectivity index (χ0n) is 10.7. The van der Waals surface area contributed by atoms with Gasteiger partial charge >= 0.3 is 12.0 Å². The maximum Gasteiger partial charge on any atom is 0.327 e. The van der Waals surface area contributed by atoms with Crippen molar-refractivity contribution in [1.29, 1.82) is 0 Å². The minimum Gasteiger partial charge on any atom is -0.480 e. The van der Waals surface area contributed by atoms with Crippen molar-refractivity contribution >= 4 is 35.1 Å². The number of aromatic nitrogens is 1. The minimum atomic E-state index is -0.948. The summed E-state index contributed by atoms with van der Waals surface area (Å²) in [7, 11) is 1.67. The molecule has 1 aliphatic heterocycles. The summed E-state index contributed by atoms with van der Waals surface area (Å²) < 4.78 is 0. The number of amides is 2. The molecule has 0 aliphatic carbocycles. The molecule has 1 N–H and O–H groups in total. The molecule has 1 aliphatic rings. The van der Waals surface area contributed by atoms with Crippen LogP contribution in [0.4, 0.5) is 4.79 Å². The van der Waals surface area contributed by atoms with Crippen LogP contribution in [0.15, 0.2) is 5.38 Å². The van der Waals surface area contributed by atoms with Crippen LogP contribution < -0.4 is 0 Å². The van der Waals surface area contributed by atoms with E-state index in [2.05, 4.69) is 4.98 Å². The Kier molecular flexibility index (Phi) is 4.31. The van der Waals surface area contributed by atoms with Gasteiger partial charge < -0.3 is 14.9 Å². The zero-order chi connectivity index (χ0) is 14.0. The normalized spacial score (nSPS) is 18.6. The number of hydrogen-bond acceptors (Lipinski definition) is 5. The molecule has 0 bridgehead atoms. The first kappa shape index (κ1) is 14.1. The van der Waals surface area contributed by atoms with E-state index in [-0.39, 0.29) is 6.03 Å². The third-order valence-electron chi connectivity index (χ3n) is 2.81. The van der Waals surface area contributed by atoms with Crippen molar-refractivity contribution in [2.75, 3.05) is 18.7 Å². The molecule has 0 saturated carbocycles. The summed E-state index contributed by atoms with van der Waals surface area (Å²) in [5.74, 6) is -0.0720. The Labute approximate surface area is 119 Å². The lowest BCUT2D eigenvalue weighted by Gasteiger charge is -2.26. The fraction of sp³-hybridized carbons (Fsp3) is 0.545. The van der Waals surface area contributed by atoms with Crippen molar-refractivity contribution in [2.45, 2.75) is 19.5 Å². The minimum absolute atomic E-state index is 0.261. The first-order chi connectivity index (χ1) is 8.99. The van der Waals surface area contributed by atoms with Gasteiger partial charge in [-0.05, 0) is 6.92 Å². The Morgan fingerprint density at radius 1 is 1.63 bits per heavy atom. The third kappa shape index (κ3) is 3.19. The van der Waals surface area contributed by atoms with E-state index in [0.717, 1.165) is 10.7 Å². The monoisotopic (exact) mass is 301 g/mol. The molecule has 1 aromatic rings. The zero-order valence-corrected chi connectivity index (χ0v) is 12.3. The number of nitrogens with zero attached hydrogens (tertiary/aromatic N) is 3. The van der Waals surface area contributed by atoms with Crippen molar-refractivity contribution in [3.8, 4) is 0 Å². The highest BCUT2D eigenvalue weighted by Crippen LogP contribution is 2.22. The lowest BCUT2D eigenvalue weighted by atomic mass is 10.3. The van der Waals surface area contributed by atoms with Crippen LogP contribution in [0.3, 0.4) is 0 Å². The topological polar surface area (TPSA) is 73.7 Å². The summed E-state index contributed by atoms with van der Waals surface area (Å²) in [5.41, 5.74) is 0.831. The van der Waals surface area contributed by atoms with Gasteiger partial charge in [-0.3, -0.25) is 0 Å². The second kappa shape index (κ2) is 5.79. The van der Waals surface area contributed by atoms with Gasteiger partial charge in [0.1, 0.15) is 6.04 Å². The Morgan fingerprint density at radius 2 is 2.37 bits per heavy atom. The Balaban J connectivity index is 2.00. The van der Waals surface area contributed by atoms with E-state index in [1.807, 2.05) is 12.3 Å². The standard InChI is InChI=1S/C11H15N3O3S2/c1-7-12-8(4-19-7)3-13(2)11(17)14-6-18-5-9(14)10(15)16/h4,9H,3,5-6H2,1-2H3,(H,15,16). The molecule has 104 valence electrons. The van der Waals surface area contributed by atoms with Crippen LogP contribution in [0.25, 0.3) is 0 Å². The van der Waals surface area contributed by atoms with Gasteiger partial charge in [0.05, 0.1) is 23.1 Å². The number of thiazole rings is 1. The number of aliphatic carboxylic acids is 1. The second-order valence-electron chi connectivity index (χ2n) is 4.32. The molecule has 1 atom stereocenters. The van der Waals surface area contributed by atoms with E-state index in [9.17, 15) is 9.59 Å². The Morgan fingerprint density at radius 3 is 2.95 bits per heavy atom. The molecule has 1 fully saturated rings. The predicted octanol–water partition coefficient (Wildman–Crippen LogP) is 1.46. The van der Waals surface area contributed by atoms with E-state index < -0.39 is 12.0 Å². The molecule has 2 heterocycles. The summed E-state index contributed by atoms with van der Waals surface area (Å²) in [4.78, 5) is 30.5. The van der Waals surface area contributed by atoms with Crippen LogP contribution >= 0.6 is 23.1 Å². The van der Waals surface area contributed by atoms with Crippen LogP contribution in [0.2, 0.25) is 0 Å². The first-order valence-electron chi connectivity index (χ1n) is 5.72. The molecular formula is C11H15N3O3S2. The number of carbonyl (C=O) groups is 2. The quantitative estimate of drug-likeness (QED) is 0.915. The lowest BCUT2D eigenvalue weighted by Crippen LogP contribution is -2.47. The van der Waals surface area contributed by atoms with Gasteiger partial charge in [-0.1, -0.05) is 0 Å². The molecule has 2 amide bonds. The van der Waals surface area contributed by atoms with Crippen LogP contribution in [0.5, 0.6) is 0 Å². The number of aryl methyl sites for hydroxylation is 1. The van der Waals surface area contributed by atoms with Gasteiger partial charge in [-0.2, -0.15) is 0 Å². The van der Waals surface area contributed by atoms with E-state index in [1.54, 1.807) is 7.05 Å². The van der Waals surface area contributed by atoms with Crippen LogP contribution in [-0.4, -0.2) is 56.6 Å². The predicted molar refractivity (Wildman–Crippen MR) is 74.3 cm³/mol. The first-order valence-corrected chi connectivity index (χ1v) is 7.75. The fourth-order valence-electron chi connectivity index (χ4n) is 1.85. The number of thioether (sulfide) groups is 1. The van der Waals surface area contributed by atoms with E-state index >= 15 is 0 Å².